The van der Waals surface area contributed by atoms with E-state index in [-0.39, 0.29) is 5.78 Å². The highest BCUT2D eigenvalue weighted by molar-refractivity contribution is 7.17. The summed E-state index contributed by atoms with van der Waals surface area (Å²) in [6.45, 7) is 0. The Morgan fingerprint density at radius 3 is 2.79 bits per heavy atom. The van der Waals surface area contributed by atoms with Crippen LogP contribution < -0.4 is 5.73 Å². The monoisotopic (exact) mass is 287 g/mol. The number of thiophene rings is 2. The Hall–Kier alpha value is -1.49. The maximum atomic E-state index is 12.2. The van der Waals surface area contributed by atoms with Crippen LogP contribution in [0.4, 0.5) is 0 Å². The summed E-state index contributed by atoms with van der Waals surface area (Å²) in [6.07, 6.45) is 0.406. The normalized spacial score (nSPS) is 12.7. The number of ketones is 1. The summed E-state index contributed by atoms with van der Waals surface area (Å²) in [4.78, 5) is 13.2. The van der Waals surface area contributed by atoms with Gasteiger partial charge in [0, 0.05) is 16.0 Å². The van der Waals surface area contributed by atoms with Gasteiger partial charge in [-0.1, -0.05) is 24.3 Å². The third-order valence-electron chi connectivity index (χ3n) is 3.12. The van der Waals surface area contributed by atoms with Crippen LogP contribution in [0, 0.1) is 0 Å². The fourth-order valence-corrected chi connectivity index (χ4v) is 3.81. The molecule has 0 aliphatic heterocycles. The third-order valence-corrected chi connectivity index (χ3v) is 5.09. The molecule has 0 amide bonds. The molecule has 0 aliphatic carbocycles. The molecule has 1 unspecified atom stereocenters. The Balaban J connectivity index is 1.83. The van der Waals surface area contributed by atoms with Crippen molar-refractivity contribution in [1.82, 2.24) is 0 Å². The van der Waals surface area contributed by atoms with E-state index in [1.54, 1.807) is 11.3 Å². The fraction of sp³-hybridized carbons (Fsp3) is 0.133. The number of fused-ring (bicyclic) bond motifs is 1. The van der Waals surface area contributed by atoms with Crippen molar-refractivity contribution < 1.29 is 4.79 Å². The molecule has 0 radical (unpaired) electrons. The minimum Gasteiger partial charge on any atom is -0.317 e. The molecule has 0 bridgehead atoms. The van der Waals surface area contributed by atoms with E-state index in [2.05, 4.69) is 17.5 Å². The maximum absolute atomic E-state index is 12.2. The van der Waals surface area contributed by atoms with Gasteiger partial charge in [0.25, 0.3) is 0 Å². The Morgan fingerprint density at radius 1 is 1.16 bits per heavy atom. The average molecular weight is 287 g/mol. The number of carbonyl (C=O) groups excluding carboxylic acids is 1. The summed E-state index contributed by atoms with van der Waals surface area (Å²) >= 11 is 3.21. The van der Waals surface area contributed by atoms with E-state index < -0.39 is 6.04 Å². The lowest BCUT2D eigenvalue weighted by atomic mass is 10.0. The lowest BCUT2D eigenvalue weighted by Crippen LogP contribution is -2.22. The second kappa shape index (κ2) is 5.25. The average Bonchev–Trinajstić information content (AvgIpc) is 3.08. The van der Waals surface area contributed by atoms with Crippen molar-refractivity contribution in [2.24, 2.45) is 5.73 Å². The number of carbonyl (C=O) groups is 1. The Bertz CT molecular complexity index is 700. The fourth-order valence-electron chi connectivity index (χ4n) is 2.09. The van der Waals surface area contributed by atoms with Crippen LogP contribution in [0.3, 0.4) is 0 Å². The van der Waals surface area contributed by atoms with Crippen molar-refractivity contribution in [3.05, 3.63) is 57.6 Å². The van der Waals surface area contributed by atoms with Gasteiger partial charge in [-0.05, 0) is 33.8 Å². The molecule has 0 spiro atoms. The Kier molecular flexibility index (Phi) is 3.46. The number of benzene rings is 1. The van der Waals surface area contributed by atoms with Crippen molar-refractivity contribution in [3.63, 3.8) is 0 Å². The van der Waals surface area contributed by atoms with Crippen LogP contribution in [0.1, 0.15) is 16.5 Å². The van der Waals surface area contributed by atoms with E-state index in [1.807, 2.05) is 29.6 Å². The van der Waals surface area contributed by atoms with Gasteiger partial charge >= 0.3 is 0 Å². The number of nitrogens with two attached hydrogens (primary N) is 1. The summed E-state index contributed by atoms with van der Waals surface area (Å²) in [5.74, 6) is 0.0750. The molecule has 19 heavy (non-hydrogen) atoms. The molecule has 1 atom stereocenters. The molecule has 2 aromatic heterocycles. The van der Waals surface area contributed by atoms with Crippen LogP contribution in [-0.4, -0.2) is 5.78 Å². The first-order valence-corrected chi connectivity index (χ1v) is 7.78. The van der Waals surface area contributed by atoms with Crippen LogP contribution >= 0.6 is 22.7 Å². The van der Waals surface area contributed by atoms with E-state index in [0.717, 1.165) is 10.4 Å². The zero-order valence-electron chi connectivity index (χ0n) is 10.2. The van der Waals surface area contributed by atoms with Crippen molar-refractivity contribution in [3.8, 4) is 0 Å². The van der Waals surface area contributed by atoms with Crippen molar-refractivity contribution in [1.29, 1.82) is 0 Å². The SMILES string of the molecule is NC(C(=O)Cc1csc2ccccc12)c1cccs1. The lowest BCUT2D eigenvalue weighted by Gasteiger charge is -2.07. The maximum Gasteiger partial charge on any atom is 0.159 e. The molecule has 0 saturated carbocycles. The summed E-state index contributed by atoms with van der Waals surface area (Å²) < 4.78 is 1.22. The highest BCUT2D eigenvalue weighted by atomic mass is 32.1. The molecular formula is C15H13NOS2. The molecule has 1 aromatic carbocycles. The molecule has 2 nitrogen and oxygen atoms in total. The van der Waals surface area contributed by atoms with Gasteiger partial charge < -0.3 is 5.73 Å². The molecule has 2 N–H and O–H groups in total. The molecule has 3 rings (SSSR count). The first kappa shape index (κ1) is 12.5. The van der Waals surface area contributed by atoms with E-state index in [9.17, 15) is 4.79 Å². The van der Waals surface area contributed by atoms with Crippen LogP contribution in [0.5, 0.6) is 0 Å². The predicted octanol–water partition coefficient (Wildman–Crippen LogP) is 3.77. The quantitative estimate of drug-likeness (QED) is 0.793. The van der Waals surface area contributed by atoms with Gasteiger partial charge in [-0.25, -0.2) is 0 Å². The Labute approximate surface area is 119 Å². The first-order chi connectivity index (χ1) is 9.25. The zero-order chi connectivity index (χ0) is 13.2. The van der Waals surface area contributed by atoms with Gasteiger partial charge in [-0.3, -0.25) is 4.79 Å². The molecular weight excluding hydrogens is 274 g/mol. The summed E-state index contributed by atoms with van der Waals surface area (Å²) in [5, 5.41) is 5.17. The molecule has 0 aliphatic rings. The van der Waals surface area contributed by atoms with Crippen LogP contribution in [0.15, 0.2) is 47.2 Å². The van der Waals surface area contributed by atoms with Gasteiger partial charge in [0.1, 0.15) is 0 Å². The van der Waals surface area contributed by atoms with Crippen LogP contribution in [-0.2, 0) is 11.2 Å². The van der Waals surface area contributed by atoms with E-state index >= 15 is 0 Å². The van der Waals surface area contributed by atoms with Gasteiger partial charge in [0.05, 0.1) is 6.04 Å². The van der Waals surface area contributed by atoms with Crippen molar-refractivity contribution in [2.75, 3.05) is 0 Å². The molecule has 0 fully saturated rings. The predicted molar refractivity (Wildman–Crippen MR) is 81.8 cm³/mol. The molecule has 4 heteroatoms. The van der Waals surface area contributed by atoms with Crippen LogP contribution in [0.25, 0.3) is 10.1 Å². The second-order valence-electron chi connectivity index (χ2n) is 4.39. The largest absolute Gasteiger partial charge is 0.317 e. The third kappa shape index (κ3) is 2.47. The van der Waals surface area contributed by atoms with Crippen LogP contribution in [0.2, 0.25) is 0 Å². The minimum atomic E-state index is -0.501. The standard InChI is InChI=1S/C15H13NOS2/c16-15(14-6-3-7-18-14)12(17)8-10-9-19-13-5-2-1-4-11(10)13/h1-7,9,15H,8,16H2. The van der Waals surface area contributed by atoms with Gasteiger partial charge in [0.2, 0.25) is 0 Å². The first-order valence-electron chi connectivity index (χ1n) is 6.02. The molecule has 3 aromatic rings. The molecule has 96 valence electrons. The van der Waals surface area contributed by atoms with Gasteiger partial charge in [-0.2, -0.15) is 0 Å². The second-order valence-corrected chi connectivity index (χ2v) is 6.28. The lowest BCUT2D eigenvalue weighted by molar-refractivity contribution is -0.119. The smallest absolute Gasteiger partial charge is 0.159 e. The number of hydrogen-bond donors (Lipinski definition) is 1. The minimum absolute atomic E-state index is 0.0750. The molecule has 0 saturated heterocycles. The summed E-state index contributed by atoms with van der Waals surface area (Å²) in [7, 11) is 0. The summed E-state index contributed by atoms with van der Waals surface area (Å²) in [6, 6.07) is 11.5. The zero-order valence-corrected chi connectivity index (χ0v) is 11.8. The molecule has 2 heterocycles. The van der Waals surface area contributed by atoms with Crippen molar-refractivity contribution in [2.45, 2.75) is 12.5 Å². The number of Topliss-reactive ketones (excluding diaryl/α,β-unsaturated/α-hetero) is 1. The van der Waals surface area contributed by atoms with E-state index in [0.29, 0.717) is 6.42 Å². The summed E-state index contributed by atoms with van der Waals surface area (Å²) in [5.41, 5.74) is 7.09. The number of hydrogen-bond acceptors (Lipinski definition) is 4. The van der Waals surface area contributed by atoms with Gasteiger partial charge in [0.15, 0.2) is 5.78 Å². The van der Waals surface area contributed by atoms with E-state index in [4.69, 9.17) is 5.73 Å². The van der Waals surface area contributed by atoms with Gasteiger partial charge in [-0.15, -0.1) is 22.7 Å². The van der Waals surface area contributed by atoms with Crippen molar-refractivity contribution >= 4 is 38.5 Å². The topological polar surface area (TPSA) is 43.1 Å². The number of rotatable bonds is 4. The Morgan fingerprint density at radius 2 is 2.00 bits per heavy atom. The highest BCUT2D eigenvalue weighted by Gasteiger charge is 2.18. The van der Waals surface area contributed by atoms with E-state index in [1.165, 1.54) is 21.4 Å². The highest BCUT2D eigenvalue weighted by Crippen LogP contribution is 2.27.